The number of benzene rings is 2. The Morgan fingerprint density at radius 3 is 2.59 bits per heavy atom. The second-order valence-electron chi connectivity index (χ2n) is 5.57. The van der Waals surface area contributed by atoms with Gasteiger partial charge in [-0.1, -0.05) is 47.1 Å². The summed E-state index contributed by atoms with van der Waals surface area (Å²) in [7, 11) is 0. The number of aromatic nitrogens is 3. The third-order valence-corrected chi connectivity index (χ3v) is 4.86. The van der Waals surface area contributed by atoms with Gasteiger partial charge in [-0.15, -0.1) is 10.2 Å². The molecule has 1 amide bonds. The minimum Gasteiger partial charge on any atom is -0.487 e. The SMILES string of the molecule is CSc1nnc(C)n1NC(=O)c1ccc(COc2ccc(Cl)cc2Cl)cc1. The maximum atomic E-state index is 12.4. The molecule has 0 saturated carbocycles. The molecule has 0 aliphatic rings. The zero-order valence-electron chi connectivity index (χ0n) is 14.6. The quantitative estimate of drug-likeness (QED) is 0.588. The largest absolute Gasteiger partial charge is 0.487 e. The molecule has 0 aliphatic heterocycles. The van der Waals surface area contributed by atoms with Gasteiger partial charge >= 0.3 is 0 Å². The lowest BCUT2D eigenvalue weighted by Gasteiger charge is -2.10. The molecule has 3 rings (SSSR count). The summed E-state index contributed by atoms with van der Waals surface area (Å²) in [5, 5.41) is 9.56. The van der Waals surface area contributed by atoms with Gasteiger partial charge < -0.3 is 4.74 Å². The number of rotatable bonds is 6. The van der Waals surface area contributed by atoms with E-state index >= 15 is 0 Å². The first-order chi connectivity index (χ1) is 13.0. The second kappa shape index (κ2) is 8.65. The Hall–Kier alpha value is -2.22. The molecule has 0 unspecified atom stereocenters. The molecule has 27 heavy (non-hydrogen) atoms. The summed E-state index contributed by atoms with van der Waals surface area (Å²) in [6.07, 6.45) is 1.87. The highest BCUT2D eigenvalue weighted by Gasteiger charge is 2.12. The van der Waals surface area contributed by atoms with Gasteiger partial charge in [0.25, 0.3) is 5.91 Å². The lowest BCUT2D eigenvalue weighted by molar-refractivity contribution is 0.100. The summed E-state index contributed by atoms with van der Waals surface area (Å²) >= 11 is 13.4. The lowest BCUT2D eigenvalue weighted by atomic mass is 10.1. The van der Waals surface area contributed by atoms with E-state index in [0.29, 0.717) is 38.9 Å². The molecular formula is C18H16Cl2N4O2S. The van der Waals surface area contributed by atoms with Crippen LogP contribution in [0.4, 0.5) is 0 Å². The van der Waals surface area contributed by atoms with Crippen LogP contribution in [0.15, 0.2) is 47.6 Å². The number of ether oxygens (including phenoxy) is 1. The van der Waals surface area contributed by atoms with Gasteiger partial charge in [0.2, 0.25) is 5.16 Å². The van der Waals surface area contributed by atoms with Crippen LogP contribution in [0, 0.1) is 6.92 Å². The number of amides is 1. The number of aryl methyl sites for hydroxylation is 1. The lowest BCUT2D eigenvalue weighted by Crippen LogP contribution is -2.24. The highest BCUT2D eigenvalue weighted by atomic mass is 35.5. The van der Waals surface area contributed by atoms with Gasteiger partial charge in [-0.2, -0.15) is 0 Å². The van der Waals surface area contributed by atoms with E-state index in [1.54, 1.807) is 41.9 Å². The first kappa shape index (κ1) is 19.5. The predicted octanol–water partition coefficient (Wildman–Crippen LogP) is 4.58. The van der Waals surface area contributed by atoms with Crippen LogP contribution >= 0.6 is 35.0 Å². The molecule has 0 bridgehead atoms. The minimum atomic E-state index is -0.249. The third-order valence-electron chi connectivity index (χ3n) is 3.70. The molecule has 1 heterocycles. The van der Waals surface area contributed by atoms with E-state index in [1.807, 2.05) is 18.4 Å². The van der Waals surface area contributed by atoms with Crippen molar-refractivity contribution in [2.75, 3.05) is 11.7 Å². The molecule has 1 aromatic heterocycles. The van der Waals surface area contributed by atoms with Crippen molar-refractivity contribution in [3.05, 3.63) is 69.5 Å². The van der Waals surface area contributed by atoms with Crippen molar-refractivity contribution in [2.24, 2.45) is 0 Å². The number of hydrogen-bond donors (Lipinski definition) is 1. The molecule has 2 aromatic carbocycles. The van der Waals surface area contributed by atoms with Crippen LogP contribution in [0.3, 0.4) is 0 Å². The molecule has 0 atom stereocenters. The summed E-state index contributed by atoms with van der Waals surface area (Å²) in [6.45, 7) is 2.10. The third kappa shape index (κ3) is 4.74. The number of carbonyl (C=O) groups excluding carboxylic acids is 1. The molecular weight excluding hydrogens is 407 g/mol. The highest BCUT2D eigenvalue weighted by molar-refractivity contribution is 7.98. The Morgan fingerprint density at radius 1 is 1.19 bits per heavy atom. The van der Waals surface area contributed by atoms with Crippen LogP contribution in [-0.4, -0.2) is 27.0 Å². The fourth-order valence-electron chi connectivity index (χ4n) is 2.28. The Bertz CT molecular complexity index is 960. The van der Waals surface area contributed by atoms with Crippen molar-refractivity contribution < 1.29 is 9.53 Å². The van der Waals surface area contributed by atoms with Crippen molar-refractivity contribution in [2.45, 2.75) is 18.7 Å². The topological polar surface area (TPSA) is 69.0 Å². The van der Waals surface area contributed by atoms with Crippen molar-refractivity contribution in [1.82, 2.24) is 14.9 Å². The van der Waals surface area contributed by atoms with E-state index in [1.165, 1.54) is 11.8 Å². The smallest absolute Gasteiger partial charge is 0.270 e. The van der Waals surface area contributed by atoms with Gasteiger partial charge in [0.05, 0.1) is 5.02 Å². The fourth-order valence-corrected chi connectivity index (χ4v) is 3.22. The van der Waals surface area contributed by atoms with Gasteiger partial charge in [-0.05, 0) is 49.1 Å². The Kier molecular flexibility index (Phi) is 6.26. The number of nitrogens with zero attached hydrogens (tertiary/aromatic N) is 3. The monoisotopic (exact) mass is 422 g/mol. The highest BCUT2D eigenvalue weighted by Crippen LogP contribution is 2.28. The Morgan fingerprint density at radius 2 is 1.93 bits per heavy atom. The maximum absolute atomic E-state index is 12.4. The fraction of sp³-hybridized carbons (Fsp3) is 0.167. The maximum Gasteiger partial charge on any atom is 0.270 e. The summed E-state index contributed by atoms with van der Waals surface area (Å²) in [6, 6.07) is 12.2. The van der Waals surface area contributed by atoms with Crippen LogP contribution in [0.5, 0.6) is 5.75 Å². The van der Waals surface area contributed by atoms with Gasteiger partial charge in [0.15, 0.2) is 0 Å². The Balaban J connectivity index is 1.64. The summed E-state index contributed by atoms with van der Waals surface area (Å²) in [5.74, 6) is 0.912. The van der Waals surface area contributed by atoms with Gasteiger partial charge in [0, 0.05) is 10.6 Å². The number of hydrogen-bond acceptors (Lipinski definition) is 5. The summed E-state index contributed by atoms with van der Waals surface area (Å²) in [5.41, 5.74) is 4.21. The molecule has 0 aliphatic carbocycles. The van der Waals surface area contributed by atoms with E-state index in [9.17, 15) is 4.79 Å². The Labute approximate surface area is 170 Å². The van der Waals surface area contributed by atoms with E-state index < -0.39 is 0 Å². The van der Waals surface area contributed by atoms with Crippen LogP contribution in [0.1, 0.15) is 21.7 Å². The standard InChI is InChI=1S/C18H16Cl2N4O2S/c1-11-21-22-18(27-2)24(11)23-17(25)13-5-3-12(4-6-13)10-26-16-8-7-14(19)9-15(16)20/h3-9H,10H2,1-2H3,(H,23,25). The van der Waals surface area contributed by atoms with E-state index in [4.69, 9.17) is 27.9 Å². The number of halogens is 2. The van der Waals surface area contributed by atoms with Gasteiger partial charge in [-0.25, -0.2) is 4.68 Å². The molecule has 0 radical (unpaired) electrons. The normalized spacial score (nSPS) is 10.7. The minimum absolute atomic E-state index is 0.249. The molecule has 6 nitrogen and oxygen atoms in total. The van der Waals surface area contributed by atoms with Crippen molar-refractivity contribution >= 4 is 40.9 Å². The van der Waals surface area contributed by atoms with Gasteiger partial charge in [-0.3, -0.25) is 10.2 Å². The van der Waals surface area contributed by atoms with Crippen molar-refractivity contribution in [1.29, 1.82) is 0 Å². The van der Waals surface area contributed by atoms with Crippen molar-refractivity contribution in [3.8, 4) is 5.75 Å². The van der Waals surface area contributed by atoms with E-state index in [0.717, 1.165) is 5.56 Å². The molecule has 0 saturated heterocycles. The van der Waals surface area contributed by atoms with Crippen LogP contribution in [0.25, 0.3) is 0 Å². The predicted molar refractivity (Wildman–Crippen MR) is 107 cm³/mol. The van der Waals surface area contributed by atoms with E-state index in [2.05, 4.69) is 15.6 Å². The average Bonchev–Trinajstić information content (AvgIpc) is 3.01. The summed E-state index contributed by atoms with van der Waals surface area (Å²) in [4.78, 5) is 12.4. The van der Waals surface area contributed by atoms with Crippen LogP contribution in [0.2, 0.25) is 10.0 Å². The van der Waals surface area contributed by atoms with Gasteiger partial charge in [0.1, 0.15) is 18.2 Å². The van der Waals surface area contributed by atoms with Crippen LogP contribution < -0.4 is 10.2 Å². The zero-order chi connectivity index (χ0) is 19.4. The second-order valence-corrected chi connectivity index (χ2v) is 7.19. The van der Waals surface area contributed by atoms with Crippen molar-refractivity contribution in [3.63, 3.8) is 0 Å². The zero-order valence-corrected chi connectivity index (χ0v) is 16.9. The van der Waals surface area contributed by atoms with E-state index in [-0.39, 0.29) is 5.91 Å². The average molecular weight is 423 g/mol. The number of nitrogens with one attached hydrogen (secondary N) is 1. The van der Waals surface area contributed by atoms with Crippen LogP contribution in [-0.2, 0) is 6.61 Å². The molecule has 0 fully saturated rings. The first-order valence-electron chi connectivity index (χ1n) is 7.92. The molecule has 140 valence electrons. The first-order valence-corrected chi connectivity index (χ1v) is 9.90. The molecule has 3 aromatic rings. The molecule has 9 heteroatoms. The molecule has 0 spiro atoms. The number of thioether (sulfide) groups is 1. The number of carbonyl (C=O) groups is 1. The summed E-state index contributed by atoms with van der Waals surface area (Å²) < 4.78 is 7.26. The molecule has 1 N–H and O–H groups in total.